The Labute approximate surface area is 263 Å². The number of furan rings is 1. The Morgan fingerprint density at radius 1 is 0.400 bits per heavy atom. The van der Waals surface area contributed by atoms with Crippen LogP contribution in [0.4, 0.5) is 0 Å². The van der Waals surface area contributed by atoms with Crippen LogP contribution in [-0.2, 0) is 0 Å². The summed E-state index contributed by atoms with van der Waals surface area (Å²) in [6.45, 7) is 0. The summed E-state index contributed by atoms with van der Waals surface area (Å²) in [5.74, 6) is 0. The van der Waals surface area contributed by atoms with Crippen molar-refractivity contribution in [2.75, 3.05) is 0 Å². The molecule has 0 atom stereocenters. The lowest BCUT2D eigenvalue weighted by molar-refractivity contribution is 0.669. The number of para-hydroxylation sites is 2. The maximum Gasteiger partial charge on any atom is 0.135 e. The minimum Gasteiger partial charge on any atom is -0.456 e. The second-order valence-corrected chi connectivity index (χ2v) is 12.8. The van der Waals surface area contributed by atoms with Gasteiger partial charge in [0.05, 0.1) is 16.7 Å². The molecule has 0 fully saturated rings. The molecule has 0 saturated carbocycles. The molecule has 0 unspecified atom stereocenters. The highest BCUT2D eigenvalue weighted by atomic mass is 32.1. The fourth-order valence-electron chi connectivity index (χ4n) is 7.14. The van der Waals surface area contributed by atoms with E-state index in [4.69, 9.17) is 4.42 Å². The Morgan fingerprint density at radius 3 is 1.91 bits per heavy atom. The van der Waals surface area contributed by atoms with Crippen molar-refractivity contribution in [3.05, 3.63) is 152 Å². The lowest BCUT2D eigenvalue weighted by Gasteiger charge is -2.11. The summed E-state index contributed by atoms with van der Waals surface area (Å²) in [6.07, 6.45) is 0. The highest BCUT2D eigenvalue weighted by Crippen LogP contribution is 2.42. The van der Waals surface area contributed by atoms with Crippen molar-refractivity contribution < 1.29 is 4.42 Å². The molecular formula is C42H25NOS. The Hall–Kier alpha value is -5.64. The van der Waals surface area contributed by atoms with Gasteiger partial charge in [0.2, 0.25) is 0 Å². The third-order valence-corrected chi connectivity index (χ3v) is 10.3. The molecule has 0 spiro atoms. The highest BCUT2D eigenvalue weighted by Gasteiger charge is 2.17. The molecular weight excluding hydrogens is 567 g/mol. The van der Waals surface area contributed by atoms with E-state index in [2.05, 4.69) is 144 Å². The van der Waals surface area contributed by atoms with E-state index >= 15 is 0 Å². The average Bonchev–Trinajstić information content (AvgIpc) is 3.77. The highest BCUT2D eigenvalue weighted by molar-refractivity contribution is 7.25. The first kappa shape index (κ1) is 24.8. The van der Waals surface area contributed by atoms with Gasteiger partial charge in [0.25, 0.3) is 0 Å². The number of hydrogen-bond donors (Lipinski definition) is 0. The van der Waals surface area contributed by atoms with Gasteiger partial charge in [-0.25, -0.2) is 0 Å². The molecule has 0 aliphatic rings. The molecule has 3 aromatic heterocycles. The van der Waals surface area contributed by atoms with Gasteiger partial charge < -0.3 is 8.98 Å². The number of benzene rings is 7. The third kappa shape index (κ3) is 3.68. The predicted octanol–water partition coefficient (Wildman–Crippen LogP) is 12.4. The lowest BCUT2D eigenvalue weighted by Crippen LogP contribution is -1.94. The van der Waals surface area contributed by atoms with Crippen LogP contribution in [-0.4, -0.2) is 4.57 Å². The molecule has 45 heavy (non-hydrogen) atoms. The van der Waals surface area contributed by atoms with E-state index in [1.807, 2.05) is 23.5 Å². The fraction of sp³-hybridized carbons (Fsp3) is 0. The molecule has 210 valence electrons. The summed E-state index contributed by atoms with van der Waals surface area (Å²) in [7, 11) is 0. The maximum absolute atomic E-state index is 6.08. The van der Waals surface area contributed by atoms with Crippen molar-refractivity contribution in [2.24, 2.45) is 0 Å². The van der Waals surface area contributed by atoms with E-state index in [1.54, 1.807) is 0 Å². The predicted molar refractivity (Wildman–Crippen MR) is 192 cm³/mol. The summed E-state index contributed by atoms with van der Waals surface area (Å²) in [5.41, 5.74) is 10.3. The summed E-state index contributed by atoms with van der Waals surface area (Å²) < 4.78 is 11.2. The number of thiophene rings is 1. The van der Waals surface area contributed by atoms with E-state index in [0.717, 1.165) is 21.9 Å². The van der Waals surface area contributed by atoms with Crippen molar-refractivity contribution in [1.29, 1.82) is 0 Å². The summed E-state index contributed by atoms with van der Waals surface area (Å²) in [4.78, 5) is 0. The lowest BCUT2D eigenvalue weighted by atomic mass is 9.97. The van der Waals surface area contributed by atoms with Crippen LogP contribution in [0.15, 0.2) is 156 Å². The van der Waals surface area contributed by atoms with Gasteiger partial charge in [0, 0.05) is 41.7 Å². The van der Waals surface area contributed by atoms with Crippen LogP contribution in [0, 0.1) is 0 Å². The average molecular weight is 592 g/mol. The zero-order valence-corrected chi connectivity index (χ0v) is 25.0. The van der Waals surface area contributed by atoms with E-state index < -0.39 is 0 Å². The summed E-state index contributed by atoms with van der Waals surface area (Å²) in [5, 5.41) is 7.46. The van der Waals surface area contributed by atoms with Gasteiger partial charge in [-0.05, 0) is 82.9 Å². The molecule has 0 aliphatic carbocycles. The molecule has 10 aromatic rings. The Balaban J connectivity index is 1.15. The molecule has 0 radical (unpaired) electrons. The minimum absolute atomic E-state index is 0.920. The van der Waals surface area contributed by atoms with Crippen LogP contribution in [0.3, 0.4) is 0 Å². The zero-order valence-electron chi connectivity index (χ0n) is 24.2. The van der Waals surface area contributed by atoms with E-state index in [0.29, 0.717) is 0 Å². The van der Waals surface area contributed by atoms with Crippen molar-refractivity contribution in [2.45, 2.75) is 0 Å². The zero-order chi connectivity index (χ0) is 29.5. The second kappa shape index (κ2) is 9.43. The van der Waals surface area contributed by atoms with Crippen molar-refractivity contribution in [3.8, 4) is 27.9 Å². The van der Waals surface area contributed by atoms with Crippen LogP contribution in [0.2, 0.25) is 0 Å². The third-order valence-electron chi connectivity index (χ3n) is 9.20. The topological polar surface area (TPSA) is 18.1 Å². The smallest absolute Gasteiger partial charge is 0.135 e. The molecule has 0 aliphatic heterocycles. The molecule has 3 heteroatoms. The van der Waals surface area contributed by atoms with E-state index in [-0.39, 0.29) is 0 Å². The van der Waals surface area contributed by atoms with Crippen LogP contribution in [0.5, 0.6) is 0 Å². The van der Waals surface area contributed by atoms with Crippen molar-refractivity contribution in [3.63, 3.8) is 0 Å². The van der Waals surface area contributed by atoms with Gasteiger partial charge in [-0.3, -0.25) is 0 Å². The Bertz CT molecular complexity index is 2770. The van der Waals surface area contributed by atoms with Gasteiger partial charge in [-0.1, -0.05) is 91.0 Å². The van der Waals surface area contributed by atoms with Gasteiger partial charge in [-0.2, -0.15) is 0 Å². The SMILES string of the molecule is c1cc(-c2ccc3oc4ccccc4c3c2)cc(-c2ccc3c(c2)c2ccccc2n3-c2cccc3sc4ccccc4c23)c1. The molecule has 0 bridgehead atoms. The monoisotopic (exact) mass is 591 g/mol. The molecule has 0 N–H and O–H groups in total. The first-order chi connectivity index (χ1) is 22.3. The van der Waals surface area contributed by atoms with E-state index in [1.165, 1.54) is 69.9 Å². The Kier molecular flexibility index (Phi) is 5.19. The number of fused-ring (bicyclic) bond motifs is 9. The quantitative estimate of drug-likeness (QED) is 0.200. The van der Waals surface area contributed by atoms with Crippen LogP contribution < -0.4 is 0 Å². The molecule has 0 amide bonds. The normalized spacial score (nSPS) is 12.0. The van der Waals surface area contributed by atoms with Crippen LogP contribution in [0.1, 0.15) is 0 Å². The molecule has 7 aromatic carbocycles. The maximum atomic E-state index is 6.08. The van der Waals surface area contributed by atoms with Gasteiger partial charge in [-0.15, -0.1) is 11.3 Å². The standard InChI is InChI=1S/C42H25NOS/c1-4-14-35-30(11-1)33-24-28(19-21-36(33)43(35)37-15-8-18-41-42(37)32-13-3-6-17-40(32)45-41)26-9-7-10-27(23-26)29-20-22-39-34(25-29)31-12-2-5-16-38(31)44-39/h1-25H. The molecule has 2 nitrogen and oxygen atoms in total. The summed E-state index contributed by atoms with van der Waals surface area (Å²) in [6, 6.07) is 54.9. The second-order valence-electron chi connectivity index (χ2n) is 11.7. The molecule has 0 saturated heterocycles. The number of nitrogens with zero attached hydrogens (tertiary/aromatic N) is 1. The van der Waals surface area contributed by atoms with Gasteiger partial charge >= 0.3 is 0 Å². The first-order valence-corrected chi connectivity index (χ1v) is 16.1. The van der Waals surface area contributed by atoms with Crippen molar-refractivity contribution >= 4 is 75.3 Å². The molecule has 3 heterocycles. The van der Waals surface area contributed by atoms with Gasteiger partial charge in [0.15, 0.2) is 0 Å². The first-order valence-electron chi connectivity index (χ1n) is 15.3. The number of hydrogen-bond acceptors (Lipinski definition) is 2. The fourth-order valence-corrected chi connectivity index (χ4v) is 8.27. The molecule has 10 rings (SSSR count). The minimum atomic E-state index is 0.920. The van der Waals surface area contributed by atoms with Gasteiger partial charge in [0.1, 0.15) is 11.2 Å². The Morgan fingerprint density at radius 2 is 1.02 bits per heavy atom. The summed E-state index contributed by atoms with van der Waals surface area (Å²) >= 11 is 1.87. The van der Waals surface area contributed by atoms with Crippen LogP contribution in [0.25, 0.3) is 91.9 Å². The number of rotatable bonds is 3. The largest absolute Gasteiger partial charge is 0.456 e. The van der Waals surface area contributed by atoms with E-state index in [9.17, 15) is 0 Å². The number of aromatic nitrogens is 1. The van der Waals surface area contributed by atoms with Crippen LogP contribution >= 0.6 is 11.3 Å². The van der Waals surface area contributed by atoms with Crippen molar-refractivity contribution in [1.82, 2.24) is 4.57 Å².